The highest BCUT2D eigenvalue weighted by molar-refractivity contribution is 7.99. The monoisotopic (exact) mass is 499 g/mol. The summed E-state index contributed by atoms with van der Waals surface area (Å²) >= 11 is 2.57. The number of carbonyl (C=O) groups is 1. The lowest BCUT2D eigenvalue weighted by atomic mass is 10.3. The van der Waals surface area contributed by atoms with E-state index >= 15 is 0 Å². The maximum Gasteiger partial charge on any atom is 0.231 e. The van der Waals surface area contributed by atoms with Crippen LogP contribution in [0.5, 0.6) is 0 Å². The third-order valence-electron chi connectivity index (χ3n) is 4.42. The summed E-state index contributed by atoms with van der Waals surface area (Å²) in [7, 11) is 3.98. The molecular formula is C21H22FN9OS2. The molecule has 0 spiro atoms. The Morgan fingerprint density at radius 3 is 2.74 bits per heavy atom. The SMILES string of the molecule is CN(C)CCn1ccc(NC(=O)Cc2nc(Sc3ncn[nH]3)cnc2Sc2ccc(F)cc2)n1. The molecule has 1 amide bonds. The molecule has 0 aliphatic carbocycles. The lowest BCUT2D eigenvalue weighted by molar-refractivity contribution is -0.115. The standard InChI is InChI=1S/C21H22FN9OS2/c1-30(2)9-10-31-8-7-17(29-31)27-18(32)11-16-20(33-15-5-3-14(22)4-6-15)23-12-19(26-16)34-21-24-13-25-28-21/h3-8,12-13H,9-11H2,1-2H3,(H,24,25,28)(H,27,29,32). The normalized spacial score (nSPS) is 11.2. The molecule has 0 saturated heterocycles. The quantitative estimate of drug-likeness (QED) is 0.339. The van der Waals surface area contributed by atoms with Crippen molar-refractivity contribution in [2.24, 2.45) is 0 Å². The molecule has 0 atom stereocenters. The summed E-state index contributed by atoms with van der Waals surface area (Å²) in [6.07, 6.45) is 4.82. The predicted octanol–water partition coefficient (Wildman–Crippen LogP) is 2.98. The van der Waals surface area contributed by atoms with Crippen molar-refractivity contribution in [1.29, 1.82) is 0 Å². The molecule has 0 bridgehead atoms. The average molecular weight is 500 g/mol. The molecule has 10 nitrogen and oxygen atoms in total. The van der Waals surface area contributed by atoms with Crippen molar-refractivity contribution in [2.75, 3.05) is 26.0 Å². The third-order valence-corrected chi connectivity index (χ3v) is 6.26. The van der Waals surface area contributed by atoms with Crippen molar-refractivity contribution in [1.82, 2.24) is 39.8 Å². The summed E-state index contributed by atoms with van der Waals surface area (Å²) in [6.45, 7) is 1.55. The zero-order valence-corrected chi connectivity index (χ0v) is 20.1. The summed E-state index contributed by atoms with van der Waals surface area (Å²) in [5.41, 5.74) is 0.489. The number of benzene rings is 1. The first kappa shape index (κ1) is 23.9. The highest BCUT2D eigenvalue weighted by Crippen LogP contribution is 2.31. The first-order valence-corrected chi connectivity index (χ1v) is 11.9. The van der Waals surface area contributed by atoms with E-state index in [0.29, 0.717) is 33.3 Å². The van der Waals surface area contributed by atoms with Crippen molar-refractivity contribution < 1.29 is 9.18 Å². The Balaban J connectivity index is 1.49. The molecule has 4 rings (SSSR count). The molecule has 2 N–H and O–H groups in total. The molecule has 3 heterocycles. The van der Waals surface area contributed by atoms with Gasteiger partial charge >= 0.3 is 0 Å². The van der Waals surface area contributed by atoms with E-state index < -0.39 is 0 Å². The molecule has 34 heavy (non-hydrogen) atoms. The van der Waals surface area contributed by atoms with Gasteiger partial charge in [0, 0.05) is 23.7 Å². The number of nitrogens with zero attached hydrogens (tertiary/aromatic N) is 7. The van der Waals surface area contributed by atoms with Crippen molar-refractivity contribution in [3.8, 4) is 0 Å². The molecule has 176 valence electrons. The molecule has 0 unspecified atom stereocenters. The van der Waals surface area contributed by atoms with E-state index in [1.807, 2.05) is 20.3 Å². The van der Waals surface area contributed by atoms with Crippen LogP contribution in [0.1, 0.15) is 5.69 Å². The summed E-state index contributed by atoms with van der Waals surface area (Å²) in [5, 5.41) is 15.5. The van der Waals surface area contributed by atoms with E-state index in [4.69, 9.17) is 0 Å². The Bertz CT molecular complexity index is 1230. The second-order valence-electron chi connectivity index (χ2n) is 7.40. The molecule has 0 fully saturated rings. The van der Waals surface area contributed by atoms with Gasteiger partial charge in [0.05, 0.1) is 24.9 Å². The first-order valence-electron chi connectivity index (χ1n) is 10.3. The summed E-state index contributed by atoms with van der Waals surface area (Å²) in [4.78, 5) is 28.9. The predicted molar refractivity (Wildman–Crippen MR) is 126 cm³/mol. The number of carbonyl (C=O) groups excluding carboxylic acids is 1. The fraction of sp³-hybridized carbons (Fsp3) is 0.238. The van der Waals surface area contributed by atoms with E-state index in [0.717, 1.165) is 11.4 Å². The van der Waals surface area contributed by atoms with E-state index in [-0.39, 0.29) is 18.1 Å². The molecular weight excluding hydrogens is 477 g/mol. The van der Waals surface area contributed by atoms with Crippen LogP contribution in [0.3, 0.4) is 0 Å². The zero-order valence-electron chi connectivity index (χ0n) is 18.5. The van der Waals surface area contributed by atoms with Gasteiger partial charge in [-0.25, -0.2) is 19.3 Å². The molecule has 13 heteroatoms. The molecule has 0 saturated carbocycles. The highest BCUT2D eigenvalue weighted by atomic mass is 32.2. The van der Waals surface area contributed by atoms with Crippen molar-refractivity contribution in [2.45, 2.75) is 33.1 Å². The first-order chi connectivity index (χ1) is 16.4. The van der Waals surface area contributed by atoms with Crippen LogP contribution >= 0.6 is 23.5 Å². The fourth-order valence-corrected chi connectivity index (χ4v) is 4.29. The van der Waals surface area contributed by atoms with E-state index in [2.05, 4.69) is 40.5 Å². The van der Waals surface area contributed by atoms with Crippen LogP contribution in [0.4, 0.5) is 10.2 Å². The third kappa shape index (κ3) is 6.85. The number of nitrogens with one attached hydrogen (secondary N) is 2. The minimum atomic E-state index is -0.321. The molecule has 3 aromatic heterocycles. The van der Waals surface area contributed by atoms with Crippen molar-refractivity contribution >= 4 is 35.2 Å². The number of halogens is 1. The Kier molecular flexibility index (Phi) is 7.87. The lowest BCUT2D eigenvalue weighted by Crippen LogP contribution is -2.19. The number of anilines is 1. The Morgan fingerprint density at radius 2 is 2.00 bits per heavy atom. The maximum atomic E-state index is 13.3. The number of H-pyrrole nitrogens is 1. The Morgan fingerprint density at radius 1 is 1.18 bits per heavy atom. The van der Waals surface area contributed by atoms with Gasteiger partial charge in [0.25, 0.3) is 0 Å². The van der Waals surface area contributed by atoms with Gasteiger partial charge in [0.1, 0.15) is 22.2 Å². The van der Waals surface area contributed by atoms with Crippen LogP contribution in [0.25, 0.3) is 0 Å². The minimum Gasteiger partial charge on any atom is -0.309 e. The average Bonchev–Trinajstić information content (AvgIpc) is 3.47. The number of amides is 1. The van der Waals surface area contributed by atoms with Gasteiger partial charge in [-0.05, 0) is 50.1 Å². The van der Waals surface area contributed by atoms with Crippen LogP contribution in [-0.4, -0.2) is 66.4 Å². The van der Waals surface area contributed by atoms with Gasteiger partial charge in [0.2, 0.25) is 5.91 Å². The topological polar surface area (TPSA) is 118 Å². The highest BCUT2D eigenvalue weighted by Gasteiger charge is 2.16. The minimum absolute atomic E-state index is 0.00805. The van der Waals surface area contributed by atoms with Gasteiger partial charge in [-0.15, -0.1) is 0 Å². The molecule has 1 aromatic carbocycles. The Hall–Kier alpha value is -3.29. The number of hydrogen-bond acceptors (Lipinski definition) is 9. The number of aromatic nitrogens is 7. The molecule has 0 radical (unpaired) electrons. The van der Waals surface area contributed by atoms with Gasteiger partial charge in [0.15, 0.2) is 11.0 Å². The van der Waals surface area contributed by atoms with Crippen molar-refractivity contribution in [3.05, 3.63) is 60.6 Å². The second kappa shape index (κ2) is 11.2. The van der Waals surface area contributed by atoms with E-state index in [1.54, 1.807) is 29.1 Å². The smallest absolute Gasteiger partial charge is 0.231 e. The van der Waals surface area contributed by atoms with Crippen LogP contribution in [0, 0.1) is 5.82 Å². The summed E-state index contributed by atoms with van der Waals surface area (Å²) in [6, 6.07) is 7.82. The van der Waals surface area contributed by atoms with Crippen LogP contribution < -0.4 is 5.32 Å². The summed E-state index contributed by atoms with van der Waals surface area (Å²) < 4.78 is 15.1. The van der Waals surface area contributed by atoms with Gasteiger partial charge in [-0.2, -0.15) is 10.2 Å². The van der Waals surface area contributed by atoms with E-state index in [1.165, 1.54) is 42.0 Å². The number of likely N-dealkylation sites (N-methyl/N-ethyl adjacent to an activating group) is 1. The second-order valence-corrected chi connectivity index (χ2v) is 9.47. The zero-order chi connectivity index (χ0) is 23.9. The summed E-state index contributed by atoms with van der Waals surface area (Å²) in [5.74, 6) is -0.120. The number of rotatable bonds is 10. The molecule has 0 aliphatic rings. The lowest BCUT2D eigenvalue weighted by Gasteiger charge is -2.10. The number of aromatic amines is 1. The fourth-order valence-electron chi connectivity index (χ4n) is 2.80. The van der Waals surface area contributed by atoms with E-state index in [9.17, 15) is 9.18 Å². The van der Waals surface area contributed by atoms with Gasteiger partial charge < -0.3 is 10.2 Å². The van der Waals surface area contributed by atoms with Crippen LogP contribution in [-0.2, 0) is 17.8 Å². The molecule has 0 aliphatic heterocycles. The van der Waals surface area contributed by atoms with Gasteiger partial charge in [-0.3, -0.25) is 14.6 Å². The molecule has 4 aromatic rings. The van der Waals surface area contributed by atoms with Crippen LogP contribution in [0.15, 0.2) is 69.2 Å². The Labute approximate surface area is 203 Å². The number of hydrogen-bond donors (Lipinski definition) is 2. The van der Waals surface area contributed by atoms with Gasteiger partial charge in [-0.1, -0.05) is 11.8 Å². The van der Waals surface area contributed by atoms with Crippen molar-refractivity contribution in [3.63, 3.8) is 0 Å². The maximum absolute atomic E-state index is 13.3. The largest absolute Gasteiger partial charge is 0.309 e. The van der Waals surface area contributed by atoms with Crippen LogP contribution in [0.2, 0.25) is 0 Å².